The second kappa shape index (κ2) is 6.51. The summed E-state index contributed by atoms with van der Waals surface area (Å²) in [5.41, 5.74) is 1.12. The number of nitrogens with one attached hydrogen (secondary N) is 2. The average Bonchev–Trinajstić information content (AvgIpc) is 3.00. The SMILES string of the molecule is CC(C)CNC(=O)c1cc(Nc2ccc3c(c2)OCO3)ncn1. The van der Waals surface area contributed by atoms with Crippen molar-refractivity contribution in [3.8, 4) is 11.5 Å². The van der Waals surface area contributed by atoms with Crippen LogP contribution in [0.25, 0.3) is 0 Å². The maximum atomic E-state index is 12.0. The first-order valence-corrected chi connectivity index (χ1v) is 7.39. The Kier molecular flexibility index (Phi) is 4.27. The minimum absolute atomic E-state index is 0.213. The van der Waals surface area contributed by atoms with Crippen LogP contribution in [0.2, 0.25) is 0 Å². The summed E-state index contributed by atoms with van der Waals surface area (Å²) in [6.45, 7) is 4.90. The minimum Gasteiger partial charge on any atom is -0.454 e. The van der Waals surface area contributed by atoms with Crippen molar-refractivity contribution in [2.45, 2.75) is 13.8 Å². The molecule has 0 atom stereocenters. The molecule has 0 fully saturated rings. The monoisotopic (exact) mass is 314 g/mol. The molecule has 0 spiro atoms. The highest BCUT2D eigenvalue weighted by Crippen LogP contribution is 2.34. The van der Waals surface area contributed by atoms with Gasteiger partial charge >= 0.3 is 0 Å². The zero-order chi connectivity index (χ0) is 16.2. The highest BCUT2D eigenvalue weighted by Gasteiger charge is 2.14. The summed E-state index contributed by atoms with van der Waals surface area (Å²) in [5, 5.41) is 5.96. The van der Waals surface area contributed by atoms with Crippen LogP contribution in [0.1, 0.15) is 24.3 Å². The first-order chi connectivity index (χ1) is 11.1. The molecule has 1 aromatic heterocycles. The number of hydrogen-bond acceptors (Lipinski definition) is 6. The quantitative estimate of drug-likeness (QED) is 0.881. The summed E-state index contributed by atoms with van der Waals surface area (Å²) in [6.07, 6.45) is 1.36. The van der Waals surface area contributed by atoms with E-state index in [1.165, 1.54) is 6.33 Å². The fourth-order valence-electron chi connectivity index (χ4n) is 2.06. The summed E-state index contributed by atoms with van der Waals surface area (Å²) in [6, 6.07) is 7.11. The number of nitrogens with zero attached hydrogens (tertiary/aromatic N) is 2. The number of carbonyl (C=O) groups excluding carboxylic acids is 1. The van der Waals surface area contributed by atoms with Crippen LogP contribution in [0, 0.1) is 5.92 Å². The van der Waals surface area contributed by atoms with Crippen molar-refractivity contribution in [1.29, 1.82) is 0 Å². The maximum Gasteiger partial charge on any atom is 0.270 e. The molecule has 7 heteroatoms. The molecule has 0 aliphatic carbocycles. The molecule has 0 saturated heterocycles. The van der Waals surface area contributed by atoms with E-state index in [-0.39, 0.29) is 12.7 Å². The molecule has 23 heavy (non-hydrogen) atoms. The second-order valence-electron chi connectivity index (χ2n) is 5.59. The van der Waals surface area contributed by atoms with Crippen LogP contribution < -0.4 is 20.1 Å². The normalized spacial score (nSPS) is 12.3. The molecule has 0 saturated carbocycles. The van der Waals surface area contributed by atoms with Crippen molar-refractivity contribution in [3.05, 3.63) is 36.3 Å². The van der Waals surface area contributed by atoms with Gasteiger partial charge in [0.15, 0.2) is 11.5 Å². The number of rotatable bonds is 5. The third kappa shape index (κ3) is 3.68. The van der Waals surface area contributed by atoms with Gasteiger partial charge in [0.25, 0.3) is 5.91 Å². The zero-order valence-corrected chi connectivity index (χ0v) is 13.0. The van der Waals surface area contributed by atoms with Gasteiger partial charge in [-0.05, 0) is 18.1 Å². The summed E-state index contributed by atoms with van der Waals surface area (Å²) in [4.78, 5) is 20.2. The lowest BCUT2D eigenvalue weighted by Crippen LogP contribution is -2.28. The molecule has 2 N–H and O–H groups in total. The Morgan fingerprint density at radius 1 is 1.22 bits per heavy atom. The lowest BCUT2D eigenvalue weighted by Gasteiger charge is -2.09. The van der Waals surface area contributed by atoms with Crippen molar-refractivity contribution in [2.24, 2.45) is 5.92 Å². The van der Waals surface area contributed by atoms with Crippen LogP contribution in [0.4, 0.5) is 11.5 Å². The number of fused-ring (bicyclic) bond motifs is 1. The number of hydrogen-bond donors (Lipinski definition) is 2. The summed E-state index contributed by atoms with van der Waals surface area (Å²) in [7, 11) is 0. The fourth-order valence-corrected chi connectivity index (χ4v) is 2.06. The molecule has 2 aromatic rings. The molecule has 0 radical (unpaired) electrons. The van der Waals surface area contributed by atoms with Gasteiger partial charge in [-0.2, -0.15) is 0 Å². The van der Waals surface area contributed by atoms with Crippen LogP contribution in [-0.2, 0) is 0 Å². The number of anilines is 2. The Hall–Kier alpha value is -2.83. The lowest BCUT2D eigenvalue weighted by molar-refractivity contribution is 0.0944. The Bertz CT molecular complexity index is 718. The van der Waals surface area contributed by atoms with Crippen LogP contribution >= 0.6 is 0 Å². The smallest absolute Gasteiger partial charge is 0.270 e. The molecule has 0 unspecified atom stereocenters. The molecule has 0 bridgehead atoms. The fraction of sp³-hybridized carbons (Fsp3) is 0.312. The second-order valence-corrected chi connectivity index (χ2v) is 5.59. The molecular formula is C16H18N4O3. The van der Waals surface area contributed by atoms with E-state index in [2.05, 4.69) is 20.6 Å². The molecule has 3 rings (SSSR count). The summed E-state index contributed by atoms with van der Waals surface area (Å²) < 4.78 is 10.6. The van der Waals surface area contributed by atoms with E-state index in [9.17, 15) is 4.79 Å². The Labute approximate surface area is 134 Å². The largest absolute Gasteiger partial charge is 0.454 e. The van der Waals surface area contributed by atoms with E-state index in [0.717, 1.165) is 5.69 Å². The lowest BCUT2D eigenvalue weighted by atomic mass is 10.2. The van der Waals surface area contributed by atoms with Crippen LogP contribution in [-0.4, -0.2) is 29.2 Å². The van der Waals surface area contributed by atoms with Gasteiger partial charge in [-0.1, -0.05) is 13.8 Å². The standard InChI is InChI=1S/C16H18N4O3/c1-10(2)7-17-16(21)12-6-15(19-8-18-12)20-11-3-4-13-14(5-11)23-9-22-13/h3-6,8,10H,7,9H2,1-2H3,(H,17,21)(H,18,19,20). The van der Waals surface area contributed by atoms with E-state index >= 15 is 0 Å². The number of aromatic nitrogens is 2. The Balaban J connectivity index is 1.71. The first-order valence-electron chi connectivity index (χ1n) is 7.39. The van der Waals surface area contributed by atoms with E-state index in [1.807, 2.05) is 32.0 Å². The van der Waals surface area contributed by atoms with Crippen LogP contribution in [0.15, 0.2) is 30.6 Å². The molecule has 1 aromatic carbocycles. The number of carbonyl (C=O) groups is 1. The van der Waals surface area contributed by atoms with Crippen molar-refractivity contribution >= 4 is 17.4 Å². The first kappa shape index (κ1) is 15.1. The van der Waals surface area contributed by atoms with Crippen molar-refractivity contribution in [3.63, 3.8) is 0 Å². The van der Waals surface area contributed by atoms with Crippen molar-refractivity contribution < 1.29 is 14.3 Å². The molecule has 120 valence electrons. The van der Waals surface area contributed by atoms with Crippen molar-refractivity contribution in [1.82, 2.24) is 15.3 Å². The van der Waals surface area contributed by atoms with Gasteiger partial charge in [0, 0.05) is 24.4 Å². The third-order valence-corrected chi connectivity index (χ3v) is 3.22. The highest BCUT2D eigenvalue weighted by molar-refractivity contribution is 5.92. The molecule has 1 amide bonds. The maximum absolute atomic E-state index is 12.0. The van der Waals surface area contributed by atoms with Gasteiger partial charge < -0.3 is 20.1 Å². The number of ether oxygens (including phenoxy) is 2. The van der Waals surface area contributed by atoms with E-state index in [1.54, 1.807) is 6.07 Å². The molecule has 1 aliphatic rings. The van der Waals surface area contributed by atoms with Gasteiger partial charge in [-0.15, -0.1) is 0 Å². The number of benzene rings is 1. The molecule has 2 heterocycles. The Morgan fingerprint density at radius 3 is 2.87 bits per heavy atom. The third-order valence-electron chi connectivity index (χ3n) is 3.22. The van der Waals surface area contributed by atoms with Gasteiger partial charge in [0.1, 0.15) is 17.8 Å². The van der Waals surface area contributed by atoms with E-state index < -0.39 is 0 Å². The van der Waals surface area contributed by atoms with E-state index in [0.29, 0.717) is 35.5 Å². The Morgan fingerprint density at radius 2 is 2.04 bits per heavy atom. The summed E-state index contributed by atoms with van der Waals surface area (Å²) >= 11 is 0. The minimum atomic E-state index is -0.213. The average molecular weight is 314 g/mol. The van der Waals surface area contributed by atoms with Crippen LogP contribution in [0.5, 0.6) is 11.5 Å². The zero-order valence-electron chi connectivity index (χ0n) is 13.0. The van der Waals surface area contributed by atoms with Gasteiger partial charge in [0.2, 0.25) is 6.79 Å². The molecule has 7 nitrogen and oxygen atoms in total. The van der Waals surface area contributed by atoms with Crippen molar-refractivity contribution in [2.75, 3.05) is 18.7 Å². The van der Waals surface area contributed by atoms with Gasteiger partial charge in [0.05, 0.1) is 0 Å². The summed E-state index contributed by atoms with van der Waals surface area (Å²) in [5.74, 6) is 2.10. The van der Waals surface area contributed by atoms with Gasteiger partial charge in [-0.25, -0.2) is 9.97 Å². The highest BCUT2D eigenvalue weighted by atomic mass is 16.7. The number of amides is 1. The van der Waals surface area contributed by atoms with Crippen LogP contribution in [0.3, 0.4) is 0 Å². The van der Waals surface area contributed by atoms with E-state index in [4.69, 9.17) is 9.47 Å². The molecular weight excluding hydrogens is 296 g/mol. The van der Waals surface area contributed by atoms with Gasteiger partial charge in [-0.3, -0.25) is 4.79 Å². The predicted molar refractivity (Wildman–Crippen MR) is 85.1 cm³/mol. The topological polar surface area (TPSA) is 85.4 Å². The molecule has 1 aliphatic heterocycles. The predicted octanol–water partition coefficient (Wildman–Crippen LogP) is 2.33.